The van der Waals surface area contributed by atoms with E-state index in [-0.39, 0.29) is 18.6 Å². The summed E-state index contributed by atoms with van der Waals surface area (Å²) in [7, 11) is 0. The number of nitrogen functional groups attached to an aromatic ring is 1. The van der Waals surface area contributed by atoms with Gasteiger partial charge in [-0.25, -0.2) is 4.79 Å². The Morgan fingerprint density at radius 3 is 2.89 bits per heavy atom. The van der Waals surface area contributed by atoms with E-state index >= 15 is 0 Å². The number of thiophene rings is 1. The lowest BCUT2D eigenvalue weighted by Gasteiger charge is -2.11. The molecule has 0 aliphatic rings. The van der Waals surface area contributed by atoms with Gasteiger partial charge in [0.1, 0.15) is 12.3 Å². The Labute approximate surface area is 124 Å². The third-order valence-corrected chi connectivity index (χ3v) is 4.56. The van der Waals surface area contributed by atoms with Crippen LogP contribution in [0.5, 0.6) is 0 Å². The minimum absolute atomic E-state index is 0.160. The zero-order chi connectivity index (χ0) is 14.0. The molecule has 2 N–H and O–H groups in total. The molecule has 0 aromatic carbocycles. The Morgan fingerprint density at radius 2 is 2.32 bits per heavy atom. The summed E-state index contributed by atoms with van der Waals surface area (Å²) in [5, 5.41) is 1.95. The summed E-state index contributed by atoms with van der Waals surface area (Å²) in [6.07, 6.45) is 1.75. The summed E-state index contributed by atoms with van der Waals surface area (Å²) in [4.78, 5) is 13.1. The number of carbonyl (C=O) groups is 1. The number of nitrogens with two attached hydrogens (primary N) is 1. The molecule has 0 atom stereocenters. The minimum Gasteiger partial charge on any atom is -0.455 e. The number of ether oxygens (including phenoxy) is 1. The fourth-order valence-corrected chi connectivity index (χ4v) is 3.10. The first-order chi connectivity index (χ1) is 8.99. The SMILES string of the molecule is CC(C)n1cc(N)cc1C(=O)OCc1sccc1Br. The molecule has 0 saturated heterocycles. The Bertz CT molecular complexity index is 589. The molecule has 0 amide bonds. The van der Waals surface area contributed by atoms with Gasteiger partial charge in [-0.15, -0.1) is 11.3 Å². The van der Waals surface area contributed by atoms with Gasteiger partial charge in [-0.2, -0.15) is 0 Å². The minimum atomic E-state index is -0.356. The summed E-state index contributed by atoms with van der Waals surface area (Å²) >= 11 is 4.96. The molecule has 0 spiro atoms. The second kappa shape index (κ2) is 5.79. The first kappa shape index (κ1) is 14.1. The van der Waals surface area contributed by atoms with Crippen LogP contribution in [0.2, 0.25) is 0 Å². The molecule has 0 radical (unpaired) electrons. The van der Waals surface area contributed by atoms with Crippen molar-refractivity contribution in [3.8, 4) is 0 Å². The predicted octanol–water partition coefficient (Wildman–Crippen LogP) is 3.83. The van der Waals surface area contributed by atoms with Crippen molar-refractivity contribution in [2.45, 2.75) is 26.5 Å². The summed E-state index contributed by atoms with van der Waals surface area (Å²) in [6.45, 7) is 4.25. The van der Waals surface area contributed by atoms with Crippen LogP contribution in [0.1, 0.15) is 35.3 Å². The van der Waals surface area contributed by atoms with Crippen LogP contribution in [0, 0.1) is 0 Å². The number of carbonyl (C=O) groups excluding carboxylic acids is 1. The maximum Gasteiger partial charge on any atom is 0.355 e. The Morgan fingerprint density at radius 1 is 1.58 bits per heavy atom. The number of halogens is 1. The number of hydrogen-bond donors (Lipinski definition) is 1. The van der Waals surface area contributed by atoms with Crippen molar-refractivity contribution in [2.75, 3.05) is 5.73 Å². The van der Waals surface area contributed by atoms with Gasteiger partial charge in [0.15, 0.2) is 0 Å². The van der Waals surface area contributed by atoms with Crippen molar-refractivity contribution in [1.82, 2.24) is 4.57 Å². The normalized spacial score (nSPS) is 10.9. The molecule has 2 aromatic heterocycles. The second-order valence-electron chi connectivity index (χ2n) is 4.43. The van der Waals surface area contributed by atoms with Crippen LogP contribution in [0.3, 0.4) is 0 Å². The van der Waals surface area contributed by atoms with Crippen LogP contribution in [-0.2, 0) is 11.3 Å². The number of aromatic nitrogens is 1. The average molecular weight is 343 g/mol. The third-order valence-electron chi connectivity index (χ3n) is 2.66. The zero-order valence-electron chi connectivity index (χ0n) is 10.7. The van der Waals surface area contributed by atoms with Crippen molar-refractivity contribution in [1.29, 1.82) is 0 Å². The van der Waals surface area contributed by atoms with Crippen molar-refractivity contribution in [3.05, 3.63) is 38.8 Å². The van der Waals surface area contributed by atoms with Crippen LogP contribution in [0.15, 0.2) is 28.2 Å². The monoisotopic (exact) mass is 342 g/mol. The van der Waals surface area contributed by atoms with Crippen LogP contribution >= 0.6 is 27.3 Å². The molecule has 2 aromatic rings. The molecule has 19 heavy (non-hydrogen) atoms. The molecule has 0 saturated carbocycles. The first-order valence-corrected chi connectivity index (χ1v) is 7.52. The van der Waals surface area contributed by atoms with Crippen molar-refractivity contribution < 1.29 is 9.53 Å². The van der Waals surface area contributed by atoms with Crippen LogP contribution in [0.4, 0.5) is 5.69 Å². The lowest BCUT2D eigenvalue weighted by Crippen LogP contribution is -2.13. The Hall–Kier alpha value is -1.27. The van der Waals surface area contributed by atoms with E-state index in [0.717, 1.165) is 9.35 Å². The van der Waals surface area contributed by atoms with Gasteiger partial charge in [0.2, 0.25) is 0 Å². The maximum atomic E-state index is 12.1. The molecule has 102 valence electrons. The molecule has 2 rings (SSSR count). The van der Waals surface area contributed by atoms with Crippen molar-refractivity contribution in [3.63, 3.8) is 0 Å². The quantitative estimate of drug-likeness (QED) is 0.859. The molecule has 0 fully saturated rings. The lowest BCUT2D eigenvalue weighted by molar-refractivity contribution is 0.0461. The second-order valence-corrected chi connectivity index (χ2v) is 6.28. The van der Waals surface area contributed by atoms with E-state index in [1.54, 1.807) is 23.6 Å². The summed E-state index contributed by atoms with van der Waals surface area (Å²) in [6, 6.07) is 3.74. The number of esters is 1. The van der Waals surface area contributed by atoms with Crippen LogP contribution in [0.25, 0.3) is 0 Å². The van der Waals surface area contributed by atoms with Gasteiger partial charge in [0, 0.05) is 16.7 Å². The predicted molar refractivity (Wildman–Crippen MR) is 80.4 cm³/mol. The average Bonchev–Trinajstić information content (AvgIpc) is 2.92. The molecule has 0 bridgehead atoms. The Balaban J connectivity index is 2.10. The number of anilines is 1. The molecule has 0 unspecified atom stereocenters. The third kappa shape index (κ3) is 3.19. The van der Waals surface area contributed by atoms with Gasteiger partial charge in [-0.1, -0.05) is 0 Å². The van der Waals surface area contributed by atoms with Gasteiger partial charge in [-0.05, 0) is 47.3 Å². The topological polar surface area (TPSA) is 57.2 Å². The zero-order valence-corrected chi connectivity index (χ0v) is 13.1. The molecular weight excluding hydrogens is 328 g/mol. The standard InChI is InChI=1S/C13H15BrN2O2S/c1-8(2)16-6-9(15)5-11(16)13(17)18-7-12-10(14)3-4-19-12/h3-6,8H,7,15H2,1-2H3. The van der Waals surface area contributed by atoms with E-state index in [4.69, 9.17) is 10.5 Å². The van der Waals surface area contributed by atoms with Gasteiger partial charge in [0.05, 0.1) is 10.6 Å². The highest BCUT2D eigenvalue weighted by atomic mass is 79.9. The summed E-state index contributed by atoms with van der Waals surface area (Å²) in [5.74, 6) is -0.356. The van der Waals surface area contributed by atoms with E-state index in [1.807, 2.05) is 29.9 Å². The largest absolute Gasteiger partial charge is 0.455 e. The molecule has 0 aliphatic carbocycles. The fourth-order valence-electron chi connectivity index (χ4n) is 1.72. The van der Waals surface area contributed by atoms with Gasteiger partial charge in [0.25, 0.3) is 0 Å². The van der Waals surface area contributed by atoms with Gasteiger partial charge >= 0.3 is 5.97 Å². The molecular formula is C13H15BrN2O2S. The Kier molecular flexibility index (Phi) is 4.31. The fraction of sp³-hybridized carbons (Fsp3) is 0.308. The van der Waals surface area contributed by atoms with Crippen molar-refractivity contribution >= 4 is 38.9 Å². The number of rotatable bonds is 4. The van der Waals surface area contributed by atoms with Gasteiger partial charge < -0.3 is 15.0 Å². The molecule has 4 nitrogen and oxygen atoms in total. The molecule has 0 aliphatic heterocycles. The highest BCUT2D eigenvalue weighted by Crippen LogP contribution is 2.24. The number of hydrogen-bond acceptors (Lipinski definition) is 4. The molecule has 6 heteroatoms. The van der Waals surface area contributed by atoms with E-state index in [2.05, 4.69) is 15.9 Å². The highest BCUT2D eigenvalue weighted by molar-refractivity contribution is 9.10. The smallest absolute Gasteiger partial charge is 0.355 e. The van der Waals surface area contributed by atoms with E-state index in [9.17, 15) is 4.79 Å². The molecule has 2 heterocycles. The van der Waals surface area contributed by atoms with E-state index < -0.39 is 0 Å². The highest BCUT2D eigenvalue weighted by Gasteiger charge is 2.16. The van der Waals surface area contributed by atoms with E-state index in [1.165, 1.54) is 0 Å². The summed E-state index contributed by atoms with van der Waals surface area (Å²) < 4.78 is 8.11. The van der Waals surface area contributed by atoms with Crippen LogP contribution in [-0.4, -0.2) is 10.5 Å². The first-order valence-electron chi connectivity index (χ1n) is 5.85. The summed E-state index contributed by atoms with van der Waals surface area (Å²) in [5.41, 5.74) is 6.79. The number of nitrogens with zero attached hydrogens (tertiary/aromatic N) is 1. The maximum absolute atomic E-state index is 12.1. The van der Waals surface area contributed by atoms with E-state index in [0.29, 0.717) is 11.4 Å². The van der Waals surface area contributed by atoms with Crippen molar-refractivity contribution in [2.24, 2.45) is 0 Å². The van der Waals surface area contributed by atoms with Crippen LogP contribution < -0.4 is 5.73 Å². The van der Waals surface area contributed by atoms with Gasteiger partial charge in [-0.3, -0.25) is 0 Å². The lowest BCUT2D eigenvalue weighted by atomic mass is 10.3.